The smallest absolute Gasteiger partial charge is 0.119 e. The summed E-state index contributed by atoms with van der Waals surface area (Å²) in [4.78, 5) is 0. The van der Waals surface area contributed by atoms with Crippen molar-refractivity contribution in [3.63, 3.8) is 0 Å². The van der Waals surface area contributed by atoms with E-state index in [-0.39, 0.29) is 0 Å². The van der Waals surface area contributed by atoms with E-state index in [1.807, 2.05) is 12.1 Å². The fourth-order valence-electron chi connectivity index (χ4n) is 5.13. The van der Waals surface area contributed by atoms with Crippen LogP contribution in [-0.4, -0.2) is 6.61 Å². The summed E-state index contributed by atoms with van der Waals surface area (Å²) in [5.74, 6) is 11.6. The van der Waals surface area contributed by atoms with E-state index < -0.39 is 0 Å². The molecule has 2 fully saturated rings. The Kier molecular flexibility index (Phi) is 8.12. The molecule has 2 saturated carbocycles. The fourth-order valence-corrected chi connectivity index (χ4v) is 5.13. The van der Waals surface area contributed by atoms with Crippen molar-refractivity contribution < 1.29 is 4.74 Å². The molecule has 1 heteroatoms. The van der Waals surface area contributed by atoms with Crippen LogP contribution >= 0.6 is 0 Å². The third kappa shape index (κ3) is 6.31. The van der Waals surface area contributed by atoms with Gasteiger partial charge in [-0.05, 0) is 87.0 Å². The van der Waals surface area contributed by atoms with Crippen LogP contribution in [0.2, 0.25) is 0 Å². The topological polar surface area (TPSA) is 9.23 Å². The van der Waals surface area contributed by atoms with Crippen molar-refractivity contribution >= 4 is 0 Å². The largest absolute Gasteiger partial charge is 0.494 e. The van der Waals surface area contributed by atoms with Gasteiger partial charge >= 0.3 is 0 Å². The van der Waals surface area contributed by atoms with Crippen LogP contribution in [0.5, 0.6) is 5.75 Å². The molecule has 0 bridgehead atoms. The molecule has 0 aromatic heterocycles. The zero-order valence-electron chi connectivity index (χ0n) is 17.5. The molecule has 1 aromatic carbocycles. The Labute approximate surface area is 167 Å². The monoisotopic (exact) mass is 366 g/mol. The van der Waals surface area contributed by atoms with Gasteiger partial charge in [0.25, 0.3) is 0 Å². The van der Waals surface area contributed by atoms with Crippen molar-refractivity contribution in [2.75, 3.05) is 6.61 Å². The van der Waals surface area contributed by atoms with Crippen molar-refractivity contribution in [2.45, 2.75) is 84.5 Å². The molecule has 0 unspecified atom stereocenters. The third-order valence-corrected chi connectivity index (χ3v) is 6.77. The van der Waals surface area contributed by atoms with Crippen LogP contribution in [-0.2, 0) is 0 Å². The summed E-state index contributed by atoms with van der Waals surface area (Å²) in [6.45, 7) is 5.25. The van der Waals surface area contributed by atoms with Gasteiger partial charge in [0, 0.05) is 11.5 Å². The SMILES string of the molecule is CCCOc1ccc(C#CC2CCC([C@H]3CC[C@H](CCC)CC3)CC2)cc1. The van der Waals surface area contributed by atoms with Gasteiger partial charge in [0.2, 0.25) is 0 Å². The highest BCUT2D eigenvalue weighted by molar-refractivity contribution is 5.38. The molecule has 0 saturated heterocycles. The van der Waals surface area contributed by atoms with E-state index in [4.69, 9.17) is 4.74 Å². The van der Waals surface area contributed by atoms with Crippen molar-refractivity contribution in [1.29, 1.82) is 0 Å². The molecule has 0 heterocycles. The summed E-state index contributed by atoms with van der Waals surface area (Å²) in [6.07, 6.45) is 15.3. The van der Waals surface area contributed by atoms with E-state index in [0.717, 1.165) is 42.1 Å². The molecule has 2 aliphatic rings. The highest BCUT2D eigenvalue weighted by Crippen LogP contribution is 2.42. The predicted molar refractivity (Wildman–Crippen MR) is 115 cm³/mol. The number of benzene rings is 1. The second-order valence-corrected chi connectivity index (χ2v) is 8.82. The van der Waals surface area contributed by atoms with Crippen LogP contribution in [0.25, 0.3) is 0 Å². The maximum Gasteiger partial charge on any atom is 0.119 e. The van der Waals surface area contributed by atoms with Gasteiger partial charge in [-0.15, -0.1) is 0 Å². The summed E-state index contributed by atoms with van der Waals surface area (Å²) in [7, 11) is 0. The second kappa shape index (κ2) is 10.8. The van der Waals surface area contributed by atoms with Gasteiger partial charge in [-0.25, -0.2) is 0 Å². The number of rotatable bonds is 6. The van der Waals surface area contributed by atoms with Crippen LogP contribution in [0, 0.1) is 35.5 Å². The van der Waals surface area contributed by atoms with Crippen LogP contribution < -0.4 is 4.74 Å². The average molecular weight is 367 g/mol. The van der Waals surface area contributed by atoms with E-state index in [1.165, 1.54) is 64.2 Å². The number of hydrogen-bond donors (Lipinski definition) is 0. The van der Waals surface area contributed by atoms with E-state index >= 15 is 0 Å². The van der Waals surface area contributed by atoms with Gasteiger partial charge < -0.3 is 4.74 Å². The Bertz CT molecular complexity index is 589. The van der Waals surface area contributed by atoms with E-state index in [1.54, 1.807) is 0 Å². The minimum Gasteiger partial charge on any atom is -0.494 e. The molecule has 0 radical (unpaired) electrons. The lowest BCUT2D eigenvalue weighted by molar-refractivity contribution is 0.154. The summed E-state index contributed by atoms with van der Waals surface area (Å²) in [5, 5.41) is 0. The molecule has 27 heavy (non-hydrogen) atoms. The molecular weight excluding hydrogens is 328 g/mol. The van der Waals surface area contributed by atoms with Crippen molar-refractivity contribution in [3.05, 3.63) is 29.8 Å². The summed E-state index contributed by atoms with van der Waals surface area (Å²) in [5.41, 5.74) is 1.12. The highest BCUT2D eigenvalue weighted by Gasteiger charge is 2.30. The normalized spacial score (nSPS) is 28.2. The van der Waals surface area contributed by atoms with Gasteiger partial charge in [0.1, 0.15) is 5.75 Å². The summed E-state index contributed by atoms with van der Waals surface area (Å²) >= 11 is 0. The van der Waals surface area contributed by atoms with E-state index in [9.17, 15) is 0 Å². The van der Waals surface area contributed by atoms with Gasteiger partial charge in [-0.3, -0.25) is 0 Å². The Morgan fingerprint density at radius 1 is 0.815 bits per heavy atom. The first kappa shape index (κ1) is 20.3. The quantitative estimate of drug-likeness (QED) is 0.482. The Morgan fingerprint density at radius 2 is 1.44 bits per heavy atom. The molecule has 148 valence electrons. The lowest BCUT2D eigenvalue weighted by Gasteiger charge is -2.37. The zero-order valence-corrected chi connectivity index (χ0v) is 17.5. The molecule has 0 N–H and O–H groups in total. The van der Waals surface area contributed by atoms with Crippen LogP contribution in [0.3, 0.4) is 0 Å². The first-order chi connectivity index (χ1) is 13.3. The minimum atomic E-state index is 0.605. The second-order valence-electron chi connectivity index (χ2n) is 8.82. The lowest BCUT2D eigenvalue weighted by atomic mass is 9.69. The minimum absolute atomic E-state index is 0.605. The van der Waals surface area contributed by atoms with Gasteiger partial charge in [-0.2, -0.15) is 0 Å². The highest BCUT2D eigenvalue weighted by atomic mass is 16.5. The van der Waals surface area contributed by atoms with E-state index in [0.29, 0.717) is 5.92 Å². The number of hydrogen-bond acceptors (Lipinski definition) is 1. The third-order valence-electron chi connectivity index (χ3n) is 6.77. The Balaban J connectivity index is 1.42. The first-order valence-corrected chi connectivity index (χ1v) is 11.5. The maximum atomic E-state index is 5.65. The molecule has 1 nitrogen and oxygen atoms in total. The van der Waals surface area contributed by atoms with Crippen LogP contribution in [0.1, 0.15) is 90.0 Å². The van der Waals surface area contributed by atoms with Gasteiger partial charge in [-0.1, -0.05) is 51.4 Å². The fraction of sp³-hybridized carbons (Fsp3) is 0.692. The summed E-state index contributed by atoms with van der Waals surface area (Å²) < 4.78 is 5.65. The predicted octanol–water partition coefficient (Wildman–Crippen LogP) is 7.24. The van der Waals surface area contributed by atoms with Crippen molar-refractivity contribution in [3.8, 4) is 17.6 Å². The lowest BCUT2D eigenvalue weighted by Crippen LogP contribution is -2.25. The molecule has 1 aromatic rings. The van der Waals surface area contributed by atoms with E-state index in [2.05, 4.69) is 37.8 Å². The van der Waals surface area contributed by atoms with Crippen LogP contribution in [0.4, 0.5) is 0 Å². The summed E-state index contributed by atoms with van der Waals surface area (Å²) in [6, 6.07) is 8.29. The van der Waals surface area contributed by atoms with Crippen LogP contribution in [0.15, 0.2) is 24.3 Å². The van der Waals surface area contributed by atoms with Crippen molar-refractivity contribution in [2.24, 2.45) is 23.7 Å². The number of ether oxygens (including phenoxy) is 1. The molecule has 0 amide bonds. The molecule has 0 atom stereocenters. The van der Waals surface area contributed by atoms with Gasteiger partial charge in [0.15, 0.2) is 0 Å². The molecule has 3 rings (SSSR count). The van der Waals surface area contributed by atoms with Crippen molar-refractivity contribution in [1.82, 2.24) is 0 Å². The molecular formula is C26H38O. The first-order valence-electron chi connectivity index (χ1n) is 11.5. The Hall–Kier alpha value is -1.42. The zero-order chi connectivity index (χ0) is 18.9. The standard InChI is InChI=1S/C26H38O/c1-3-5-21-8-14-24(15-9-21)25-16-10-22(11-17-25)6-7-23-12-18-26(19-13-23)27-20-4-2/h12-13,18-19,21-22,24-25H,3-5,8-11,14-17,20H2,1-2H3/t21-,22?,24-,25?. The average Bonchev–Trinajstić information content (AvgIpc) is 2.73. The molecule has 0 spiro atoms. The maximum absolute atomic E-state index is 5.65. The Morgan fingerprint density at radius 3 is 2.04 bits per heavy atom. The molecule has 2 aliphatic carbocycles. The van der Waals surface area contributed by atoms with Gasteiger partial charge in [0.05, 0.1) is 6.61 Å². The molecule has 0 aliphatic heterocycles.